The van der Waals surface area contributed by atoms with E-state index < -0.39 is 0 Å². The lowest BCUT2D eigenvalue weighted by Gasteiger charge is -2.21. The highest BCUT2D eigenvalue weighted by Crippen LogP contribution is 2.26. The normalized spacial score (nSPS) is 14.6. The van der Waals surface area contributed by atoms with Crippen LogP contribution in [-0.2, 0) is 4.74 Å². The highest BCUT2D eigenvalue weighted by atomic mass is 19.1. The second-order valence-corrected chi connectivity index (χ2v) is 4.94. The largest absolute Gasteiger partial charge is 0.382 e. The molecule has 0 bridgehead atoms. The van der Waals surface area contributed by atoms with Gasteiger partial charge in [-0.1, -0.05) is 6.07 Å². The van der Waals surface area contributed by atoms with E-state index in [4.69, 9.17) is 4.74 Å². The maximum absolute atomic E-state index is 14.1. The molecule has 2 nitrogen and oxygen atoms in total. The molecule has 1 N–H and O–H groups in total. The molecule has 2 unspecified atom stereocenters. The van der Waals surface area contributed by atoms with Crippen molar-refractivity contribution < 1.29 is 9.13 Å². The molecule has 0 radical (unpaired) electrons. The third-order valence-corrected chi connectivity index (χ3v) is 3.44. The van der Waals surface area contributed by atoms with E-state index >= 15 is 0 Å². The van der Waals surface area contributed by atoms with Crippen LogP contribution in [0.3, 0.4) is 0 Å². The Hall–Kier alpha value is -0.930. The van der Waals surface area contributed by atoms with Crippen LogP contribution < -0.4 is 5.32 Å². The minimum Gasteiger partial charge on any atom is -0.382 e. The molecule has 1 aromatic rings. The first-order valence-corrected chi connectivity index (χ1v) is 6.46. The molecule has 0 aliphatic heterocycles. The van der Waals surface area contributed by atoms with Crippen molar-refractivity contribution in [2.45, 2.75) is 45.8 Å². The van der Waals surface area contributed by atoms with Crippen molar-refractivity contribution in [2.75, 3.05) is 14.2 Å². The fraction of sp³-hybridized carbons (Fsp3) is 0.600. The number of rotatable bonds is 6. The summed E-state index contributed by atoms with van der Waals surface area (Å²) in [5.74, 6) is -0.114. The van der Waals surface area contributed by atoms with E-state index in [0.717, 1.165) is 29.5 Å². The van der Waals surface area contributed by atoms with Gasteiger partial charge in [-0.25, -0.2) is 4.39 Å². The minimum atomic E-state index is -0.114. The predicted molar refractivity (Wildman–Crippen MR) is 73.4 cm³/mol. The Bertz CT molecular complexity index is 369. The van der Waals surface area contributed by atoms with Gasteiger partial charge >= 0.3 is 0 Å². The van der Waals surface area contributed by atoms with E-state index in [1.165, 1.54) is 0 Å². The molecule has 1 rings (SSSR count). The molecule has 0 saturated heterocycles. The second-order valence-electron chi connectivity index (χ2n) is 4.94. The first-order chi connectivity index (χ1) is 8.49. The fourth-order valence-corrected chi connectivity index (χ4v) is 2.32. The van der Waals surface area contributed by atoms with Gasteiger partial charge in [0.1, 0.15) is 5.82 Å². The van der Waals surface area contributed by atoms with E-state index in [9.17, 15) is 4.39 Å². The van der Waals surface area contributed by atoms with Gasteiger partial charge in [0.25, 0.3) is 0 Å². The quantitative estimate of drug-likeness (QED) is 0.837. The van der Waals surface area contributed by atoms with Crippen molar-refractivity contribution in [1.29, 1.82) is 0 Å². The van der Waals surface area contributed by atoms with Crippen molar-refractivity contribution in [3.8, 4) is 0 Å². The number of methoxy groups -OCH3 is 1. The van der Waals surface area contributed by atoms with Crippen LogP contribution in [0.4, 0.5) is 4.39 Å². The van der Waals surface area contributed by atoms with Gasteiger partial charge in [0.2, 0.25) is 0 Å². The molecule has 0 aromatic heterocycles. The highest BCUT2D eigenvalue weighted by Gasteiger charge is 2.17. The zero-order valence-corrected chi connectivity index (χ0v) is 12.0. The van der Waals surface area contributed by atoms with Crippen LogP contribution in [0.25, 0.3) is 0 Å². The molecule has 2 atom stereocenters. The van der Waals surface area contributed by atoms with Gasteiger partial charge in [-0.15, -0.1) is 0 Å². The molecule has 0 spiro atoms. The molecule has 1 aromatic carbocycles. The summed E-state index contributed by atoms with van der Waals surface area (Å²) in [6.45, 7) is 5.92. The summed E-state index contributed by atoms with van der Waals surface area (Å²) in [6.07, 6.45) is 1.98. The van der Waals surface area contributed by atoms with Crippen molar-refractivity contribution >= 4 is 0 Å². The zero-order valence-electron chi connectivity index (χ0n) is 12.0. The molecule has 0 heterocycles. The lowest BCUT2D eigenvalue weighted by atomic mass is 9.94. The number of hydrogen-bond donors (Lipinski definition) is 1. The Kier molecular flexibility index (Phi) is 5.76. The van der Waals surface area contributed by atoms with E-state index in [1.54, 1.807) is 13.2 Å². The maximum Gasteiger partial charge on any atom is 0.128 e. The van der Waals surface area contributed by atoms with Crippen LogP contribution in [0.15, 0.2) is 12.1 Å². The number of halogens is 1. The van der Waals surface area contributed by atoms with E-state index in [2.05, 4.69) is 5.32 Å². The van der Waals surface area contributed by atoms with Crippen molar-refractivity contribution in [3.05, 3.63) is 34.6 Å². The molecule has 18 heavy (non-hydrogen) atoms. The summed E-state index contributed by atoms with van der Waals surface area (Å²) in [6, 6.07) is 3.68. The summed E-state index contributed by atoms with van der Waals surface area (Å²) < 4.78 is 19.3. The second kappa shape index (κ2) is 6.86. The summed E-state index contributed by atoms with van der Waals surface area (Å²) in [5, 5.41) is 3.20. The SMILES string of the molecule is CNC(CCC(C)OC)c1c(C)cc(C)cc1F. The Morgan fingerprint density at radius 3 is 2.44 bits per heavy atom. The molecule has 0 amide bonds. The van der Waals surface area contributed by atoms with Crippen LogP contribution in [0.1, 0.15) is 42.5 Å². The van der Waals surface area contributed by atoms with E-state index in [1.807, 2.05) is 33.9 Å². The Morgan fingerprint density at radius 1 is 1.28 bits per heavy atom. The smallest absolute Gasteiger partial charge is 0.128 e. The lowest BCUT2D eigenvalue weighted by Crippen LogP contribution is -2.21. The summed E-state index contributed by atoms with van der Waals surface area (Å²) in [5.41, 5.74) is 2.76. The van der Waals surface area contributed by atoms with Gasteiger partial charge in [-0.2, -0.15) is 0 Å². The molecular weight excluding hydrogens is 229 g/mol. The molecule has 102 valence electrons. The molecule has 0 fully saturated rings. The van der Waals surface area contributed by atoms with Crippen molar-refractivity contribution in [2.24, 2.45) is 0 Å². The number of aryl methyl sites for hydroxylation is 2. The van der Waals surface area contributed by atoms with E-state index in [-0.39, 0.29) is 18.0 Å². The monoisotopic (exact) mass is 253 g/mol. The first-order valence-electron chi connectivity index (χ1n) is 6.46. The number of benzene rings is 1. The summed E-state index contributed by atoms with van der Waals surface area (Å²) >= 11 is 0. The van der Waals surface area contributed by atoms with E-state index in [0.29, 0.717) is 0 Å². The number of hydrogen-bond acceptors (Lipinski definition) is 2. The molecule has 0 aliphatic rings. The molecule has 0 saturated carbocycles. The fourth-order valence-electron chi connectivity index (χ4n) is 2.32. The average Bonchev–Trinajstić information content (AvgIpc) is 2.31. The maximum atomic E-state index is 14.1. The minimum absolute atomic E-state index is 0.0446. The van der Waals surface area contributed by atoms with Gasteiger partial charge < -0.3 is 10.1 Å². The van der Waals surface area contributed by atoms with Gasteiger partial charge in [0.05, 0.1) is 6.10 Å². The zero-order chi connectivity index (χ0) is 13.7. The number of nitrogens with one attached hydrogen (secondary N) is 1. The first kappa shape index (κ1) is 15.1. The van der Waals surface area contributed by atoms with Crippen LogP contribution in [0.5, 0.6) is 0 Å². The topological polar surface area (TPSA) is 21.3 Å². The summed E-state index contributed by atoms with van der Waals surface area (Å²) in [4.78, 5) is 0. The average molecular weight is 253 g/mol. The standard InChI is InChI=1S/C15H24FNO/c1-10-8-11(2)15(13(16)9-10)14(17-4)7-6-12(3)18-5/h8-9,12,14,17H,6-7H2,1-5H3. The Morgan fingerprint density at radius 2 is 1.94 bits per heavy atom. The third kappa shape index (κ3) is 3.79. The molecule has 3 heteroatoms. The predicted octanol–water partition coefficient (Wildman–Crippen LogP) is 3.52. The van der Waals surface area contributed by atoms with Gasteiger partial charge in [-0.05, 0) is 57.9 Å². The van der Waals surface area contributed by atoms with Gasteiger partial charge in [-0.3, -0.25) is 0 Å². The molecule has 0 aliphatic carbocycles. The van der Waals surface area contributed by atoms with Crippen LogP contribution in [-0.4, -0.2) is 20.3 Å². The van der Waals surface area contributed by atoms with Gasteiger partial charge in [0.15, 0.2) is 0 Å². The Labute approximate surface area is 110 Å². The van der Waals surface area contributed by atoms with Gasteiger partial charge in [0, 0.05) is 18.7 Å². The van der Waals surface area contributed by atoms with Crippen molar-refractivity contribution in [3.63, 3.8) is 0 Å². The molecular formula is C15H24FNO. The lowest BCUT2D eigenvalue weighted by molar-refractivity contribution is 0.106. The third-order valence-electron chi connectivity index (χ3n) is 3.44. The Balaban J connectivity index is 2.88. The van der Waals surface area contributed by atoms with Crippen LogP contribution >= 0.6 is 0 Å². The highest BCUT2D eigenvalue weighted by molar-refractivity contribution is 5.34. The van der Waals surface area contributed by atoms with Crippen molar-refractivity contribution in [1.82, 2.24) is 5.32 Å². The number of ether oxygens (including phenoxy) is 1. The van der Waals surface area contributed by atoms with Crippen LogP contribution in [0, 0.1) is 19.7 Å². The summed E-state index contributed by atoms with van der Waals surface area (Å²) in [7, 11) is 3.58. The van der Waals surface area contributed by atoms with Crippen LogP contribution in [0.2, 0.25) is 0 Å².